The van der Waals surface area contributed by atoms with E-state index in [1.165, 1.54) is 17.8 Å². The fourth-order valence-electron chi connectivity index (χ4n) is 1.44. The minimum atomic E-state index is -0.675. The molecule has 0 amide bonds. The lowest BCUT2D eigenvalue weighted by molar-refractivity contribution is -0.387. The lowest BCUT2D eigenvalue weighted by Crippen LogP contribution is -2.30. The maximum Gasteiger partial charge on any atom is 0.282 e. The number of benzene rings is 1. The molecular weight excluding hydrogens is 280 g/mol. The van der Waals surface area contributed by atoms with Crippen LogP contribution in [0.5, 0.6) is 0 Å². The highest BCUT2D eigenvalue weighted by Crippen LogP contribution is 2.30. The Morgan fingerprint density at radius 2 is 2.15 bits per heavy atom. The van der Waals surface area contributed by atoms with E-state index in [1.54, 1.807) is 32.0 Å². The molecule has 0 atom stereocenters. The van der Waals surface area contributed by atoms with Crippen LogP contribution < -0.4 is 5.73 Å². The van der Waals surface area contributed by atoms with Crippen molar-refractivity contribution in [2.24, 2.45) is 5.73 Å². The molecule has 0 fully saturated rings. The Hall–Kier alpha value is -1.93. The molecule has 20 heavy (non-hydrogen) atoms. The predicted molar refractivity (Wildman–Crippen MR) is 74.2 cm³/mol. The molecule has 0 saturated carbocycles. The Morgan fingerprint density at radius 3 is 2.75 bits per heavy atom. The fourth-order valence-corrected chi connectivity index (χ4v) is 2.31. The predicted octanol–water partition coefficient (Wildman–Crippen LogP) is 2.46. The first-order valence-corrected chi connectivity index (χ1v) is 6.84. The highest BCUT2D eigenvalue weighted by atomic mass is 32.2. The summed E-state index contributed by atoms with van der Waals surface area (Å²) in [6, 6.07) is 6.53. The maximum absolute atomic E-state index is 10.9. The van der Waals surface area contributed by atoms with E-state index in [1.807, 2.05) is 0 Å². The molecule has 0 bridgehead atoms. The first kappa shape index (κ1) is 14.5. The van der Waals surface area contributed by atoms with Gasteiger partial charge in [0, 0.05) is 6.07 Å². The summed E-state index contributed by atoms with van der Waals surface area (Å²) in [6.07, 6.45) is 0. The highest BCUT2D eigenvalue weighted by molar-refractivity contribution is 7.98. The van der Waals surface area contributed by atoms with Crippen molar-refractivity contribution in [2.45, 2.75) is 30.0 Å². The van der Waals surface area contributed by atoms with Crippen LogP contribution in [0.25, 0.3) is 0 Å². The van der Waals surface area contributed by atoms with Gasteiger partial charge in [-0.15, -0.1) is 11.8 Å². The lowest BCUT2D eigenvalue weighted by Gasteiger charge is -2.11. The molecule has 1 aromatic heterocycles. The van der Waals surface area contributed by atoms with E-state index in [-0.39, 0.29) is 5.69 Å². The fraction of sp³-hybridized carbons (Fsp3) is 0.333. The summed E-state index contributed by atoms with van der Waals surface area (Å²) in [5, 5.41) is 14.7. The summed E-state index contributed by atoms with van der Waals surface area (Å²) in [7, 11) is 0. The van der Waals surface area contributed by atoms with E-state index >= 15 is 0 Å². The van der Waals surface area contributed by atoms with Crippen molar-refractivity contribution in [3.05, 3.63) is 46.1 Å². The zero-order valence-corrected chi connectivity index (χ0v) is 11.9. The summed E-state index contributed by atoms with van der Waals surface area (Å²) in [4.78, 5) is 15.2. The molecule has 7 nitrogen and oxygen atoms in total. The van der Waals surface area contributed by atoms with Crippen molar-refractivity contribution in [1.29, 1.82) is 0 Å². The number of nitrogens with zero attached hydrogens (tertiary/aromatic N) is 3. The zero-order chi connectivity index (χ0) is 14.8. The number of hydrogen-bond acceptors (Lipinski definition) is 7. The van der Waals surface area contributed by atoms with Gasteiger partial charge in [-0.05, 0) is 19.9 Å². The van der Waals surface area contributed by atoms with Gasteiger partial charge >= 0.3 is 0 Å². The van der Waals surface area contributed by atoms with Crippen molar-refractivity contribution in [3.8, 4) is 0 Å². The number of thioether (sulfide) groups is 1. The molecule has 1 heterocycles. The van der Waals surface area contributed by atoms with Gasteiger partial charge in [-0.2, -0.15) is 4.98 Å². The van der Waals surface area contributed by atoms with Crippen LogP contribution in [0.2, 0.25) is 0 Å². The van der Waals surface area contributed by atoms with E-state index in [0.717, 1.165) is 0 Å². The number of nitro benzene ring substituents is 1. The summed E-state index contributed by atoms with van der Waals surface area (Å²) >= 11 is 1.27. The van der Waals surface area contributed by atoms with Crippen LogP contribution in [-0.4, -0.2) is 15.1 Å². The van der Waals surface area contributed by atoms with Crippen LogP contribution in [0.3, 0.4) is 0 Å². The second-order valence-corrected chi connectivity index (χ2v) is 5.76. The summed E-state index contributed by atoms with van der Waals surface area (Å²) in [5.41, 5.74) is 5.25. The van der Waals surface area contributed by atoms with E-state index in [4.69, 9.17) is 10.3 Å². The molecule has 2 N–H and O–H groups in total. The first-order valence-electron chi connectivity index (χ1n) is 5.86. The van der Waals surface area contributed by atoms with Gasteiger partial charge in [0.1, 0.15) is 0 Å². The molecule has 2 aromatic rings. The van der Waals surface area contributed by atoms with Crippen molar-refractivity contribution in [1.82, 2.24) is 10.1 Å². The van der Waals surface area contributed by atoms with Gasteiger partial charge in [0.15, 0.2) is 5.82 Å². The largest absolute Gasteiger partial charge is 0.338 e. The Balaban J connectivity index is 2.10. The van der Waals surface area contributed by atoms with Crippen molar-refractivity contribution >= 4 is 17.4 Å². The smallest absolute Gasteiger partial charge is 0.282 e. The number of nitrogens with two attached hydrogens (primary N) is 1. The monoisotopic (exact) mass is 294 g/mol. The van der Waals surface area contributed by atoms with Gasteiger partial charge in [0.2, 0.25) is 5.89 Å². The van der Waals surface area contributed by atoms with Crippen LogP contribution in [0, 0.1) is 10.1 Å². The SMILES string of the molecule is CC(C)(N)c1noc(CSc2ccccc2[N+](=O)[O-])n1. The van der Waals surface area contributed by atoms with Crippen molar-refractivity contribution in [3.63, 3.8) is 0 Å². The third-order valence-corrected chi connectivity index (χ3v) is 3.51. The van der Waals surface area contributed by atoms with Gasteiger partial charge in [0.05, 0.1) is 21.1 Å². The Bertz CT molecular complexity index is 621. The topological polar surface area (TPSA) is 108 Å². The van der Waals surface area contributed by atoms with Crippen LogP contribution in [0.4, 0.5) is 5.69 Å². The summed E-state index contributed by atoms with van der Waals surface area (Å²) in [5.74, 6) is 1.16. The molecule has 1 aromatic carbocycles. The zero-order valence-electron chi connectivity index (χ0n) is 11.1. The molecule has 106 valence electrons. The highest BCUT2D eigenvalue weighted by Gasteiger charge is 2.22. The third-order valence-electron chi connectivity index (χ3n) is 2.46. The molecule has 0 radical (unpaired) electrons. The normalized spacial score (nSPS) is 11.6. The average molecular weight is 294 g/mol. The molecule has 8 heteroatoms. The average Bonchev–Trinajstić information content (AvgIpc) is 2.85. The van der Waals surface area contributed by atoms with Gasteiger partial charge in [-0.1, -0.05) is 17.3 Å². The van der Waals surface area contributed by atoms with Gasteiger partial charge in [-0.25, -0.2) is 0 Å². The molecule has 0 saturated heterocycles. The molecule has 2 rings (SSSR count). The lowest BCUT2D eigenvalue weighted by atomic mass is 10.1. The minimum absolute atomic E-state index is 0.0661. The van der Waals surface area contributed by atoms with Crippen LogP contribution in [0.15, 0.2) is 33.7 Å². The van der Waals surface area contributed by atoms with Gasteiger partial charge < -0.3 is 10.3 Å². The van der Waals surface area contributed by atoms with E-state index in [2.05, 4.69) is 10.1 Å². The number of aromatic nitrogens is 2. The Kier molecular flexibility index (Phi) is 4.05. The Morgan fingerprint density at radius 1 is 1.45 bits per heavy atom. The second-order valence-electron chi connectivity index (χ2n) is 4.75. The molecular formula is C12H14N4O3S. The second kappa shape index (κ2) is 5.59. The van der Waals surface area contributed by atoms with Crippen molar-refractivity contribution in [2.75, 3.05) is 0 Å². The van der Waals surface area contributed by atoms with E-state index < -0.39 is 10.5 Å². The quantitative estimate of drug-likeness (QED) is 0.512. The summed E-state index contributed by atoms with van der Waals surface area (Å²) in [6.45, 7) is 3.55. The number of para-hydroxylation sites is 1. The maximum atomic E-state index is 10.9. The van der Waals surface area contributed by atoms with Gasteiger partial charge in [-0.3, -0.25) is 10.1 Å². The van der Waals surface area contributed by atoms with E-state index in [0.29, 0.717) is 22.4 Å². The van der Waals surface area contributed by atoms with Crippen molar-refractivity contribution < 1.29 is 9.45 Å². The minimum Gasteiger partial charge on any atom is -0.338 e. The first-order chi connectivity index (χ1) is 9.38. The molecule has 0 aliphatic heterocycles. The molecule has 0 aliphatic carbocycles. The third kappa shape index (κ3) is 3.34. The van der Waals surface area contributed by atoms with E-state index in [9.17, 15) is 10.1 Å². The van der Waals surface area contributed by atoms with Crippen LogP contribution in [-0.2, 0) is 11.3 Å². The van der Waals surface area contributed by atoms with Gasteiger partial charge in [0.25, 0.3) is 5.69 Å². The molecule has 0 aliphatic rings. The van der Waals surface area contributed by atoms with Crippen LogP contribution >= 0.6 is 11.8 Å². The number of rotatable bonds is 5. The number of hydrogen-bond donors (Lipinski definition) is 1. The standard InChI is InChI=1S/C12H14N4O3S/c1-12(2,13)11-14-10(19-15-11)7-20-9-6-4-3-5-8(9)16(17)18/h3-6H,7,13H2,1-2H3. The molecule has 0 unspecified atom stereocenters. The Labute approximate surface area is 119 Å². The summed E-state index contributed by atoms with van der Waals surface area (Å²) < 4.78 is 5.08. The molecule has 0 spiro atoms. The number of nitro groups is 1. The van der Waals surface area contributed by atoms with Crippen LogP contribution in [0.1, 0.15) is 25.6 Å².